The van der Waals surface area contributed by atoms with Crippen molar-refractivity contribution in [1.29, 1.82) is 0 Å². The van der Waals surface area contributed by atoms with Crippen LogP contribution in [0.2, 0.25) is 4.34 Å². The highest BCUT2D eigenvalue weighted by molar-refractivity contribution is 7.16. The molecule has 0 nitrogen and oxygen atoms in total. The molecule has 0 saturated carbocycles. The lowest BCUT2D eigenvalue weighted by Gasteiger charge is -2.01. The van der Waals surface area contributed by atoms with E-state index in [9.17, 15) is 0 Å². The van der Waals surface area contributed by atoms with Crippen LogP contribution in [0.5, 0.6) is 0 Å². The number of halogens is 1. The van der Waals surface area contributed by atoms with Crippen LogP contribution in [0.25, 0.3) is 0 Å². The molecule has 1 aromatic rings. The highest BCUT2D eigenvalue weighted by Gasteiger charge is 2.01. The lowest BCUT2D eigenvalue weighted by Crippen LogP contribution is -1.92. The topological polar surface area (TPSA) is 0 Å². The molecule has 2 heteroatoms. The van der Waals surface area contributed by atoms with E-state index in [1.54, 1.807) is 11.3 Å². The molecule has 0 aliphatic rings. The summed E-state index contributed by atoms with van der Waals surface area (Å²) in [5.41, 5.74) is 0. The van der Waals surface area contributed by atoms with Gasteiger partial charge in [0.2, 0.25) is 0 Å². The Hall–Kier alpha value is -0.270. The smallest absolute Gasteiger partial charge is 0.0931 e. The van der Waals surface area contributed by atoms with E-state index < -0.39 is 0 Å². The van der Waals surface area contributed by atoms with Gasteiger partial charge in [-0.1, -0.05) is 30.7 Å². The van der Waals surface area contributed by atoms with Crippen molar-refractivity contribution in [3.05, 3.63) is 33.5 Å². The van der Waals surface area contributed by atoms with Crippen molar-refractivity contribution in [3.63, 3.8) is 0 Å². The van der Waals surface area contributed by atoms with Gasteiger partial charge in [-0.3, -0.25) is 0 Å². The monoisotopic (exact) mass is 200 g/mol. The van der Waals surface area contributed by atoms with Gasteiger partial charge < -0.3 is 0 Å². The van der Waals surface area contributed by atoms with Crippen LogP contribution in [0.1, 0.15) is 18.7 Å². The molecule has 1 unspecified atom stereocenters. The van der Waals surface area contributed by atoms with Crippen LogP contribution >= 0.6 is 22.9 Å². The predicted octanol–water partition coefficient (Wildman–Crippen LogP) is 4.16. The van der Waals surface area contributed by atoms with E-state index >= 15 is 0 Å². The summed E-state index contributed by atoms with van der Waals surface area (Å²) in [6, 6.07) is 4.07. The first-order chi connectivity index (χ1) is 5.72. The summed E-state index contributed by atoms with van der Waals surface area (Å²) in [6.07, 6.45) is 5.41. The van der Waals surface area contributed by atoms with Gasteiger partial charge in [0.05, 0.1) is 4.34 Å². The van der Waals surface area contributed by atoms with Crippen molar-refractivity contribution in [2.45, 2.75) is 20.3 Å². The standard InChI is InChI=1S/C10H13ClS/c1-3-4-8(2)7-9-5-6-10(11)12-9/h3-6,8H,7H2,1-2H3/b4-3-. The summed E-state index contributed by atoms with van der Waals surface area (Å²) < 4.78 is 0.887. The molecule has 0 spiro atoms. The van der Waals surface area contributed by atoms with E-state index in [1.165, 1.54) is 4.88 Å². The number of thiophene rings is 1. The van der Waals surface area contributed by atoms with Crippen LogP contribution in [0.4, 0.5) is 0 Å². The molecule has 1 atom stereocenters. The number of hydrogen-bond acceptors (Lipinski definition) is 1. The third kappa shape index (κ3) is 3.00. The Bertz CT molecular complexity index is 263. The molecule has 0 fully saturated rings. The van der Waals surface area contributed by atoms with Gasteiger partial charge in [-0.15, -0.1) is 11.3 Å². The van der Waals surface area contributed by atoms with E-state index in [1.807, 2.05) is 6.07 Å². The minimum atomic E-state index is 0.615. The number of hydrogen-bond donors (Lipinski definition) is 0. The average molecular weight is 201 g/mol. The van der Waals surface area contributed by atoms with Gasteiger partial charge in [-0.2, -0.15) is 0 Å². The molecule has 0 bridgehead atoms. The van der Waals surface area contributed by atoms with Crippen LogP contribution in [-0.2, 0) is 6.42 Å². The van der Waals surface area contributed by atoms with Crippen LogP contribution in [0, 0.1) is 5.92 Å². The number of rotatable bonds is 3. The summed E-state index contributed by atoms with van der Waals surface area (Å²) in [5.74, 6) is 0.615. The van der Waals surface area contributed by atoms with Gasteiger partial charge in [-0.05, 0) is 31.4 Å². The maximum absolute atomic E-state index is 5.82. The van der Waals surface area contributed by atoms with E-state index in [2.05, 4.69) is 32.1 Å². The van der Waals surface area contributed by atoms with Crippen molar-refractivity contribution >= 4 is 22.9 Å². The zero-order valence-corrected chi connectivity index (χ0v) is 8.95. The highest BCUT2D eigenvalue weighted by Crippen LogP contribution is 2.23. The van der Waals surface area contributed by atoms with Gasteiger partial charge >= 0.3 is 0 Å². The molecule has 0 aromatic carbocycles. The van der Waals surface area contributed by atoms with Gasteiger partial charge in [0.25, 0.3) is 0 Å². The molecular formula is C10H13ClS. The fourth-order valence-electron chi connectivity index (χ4n) is 1.18. The SMILES string of the molecule is C/C=C\C(C)Cc1ccc(Cl)s1. The quantitative estimate of drug-likeness (QED) is 0.643. The predicted molar refractivity (Wildman–Crippen MR) is 57.0 cm³/mol. The zero-order chi connectivity index (χ0) is 8.97. The summed E-state index contributed by atoms with van der Waals surface area (Å²) >= 11 is 7.49. The van der Waals surface area contributed by atoms with Crippen molar-refractivity contribution < 1.29 is 0 Å². The Balaban J connectivity index is 2.52. The molecule has 1 aromatic heterocycles. The van der Waals surface area contributed by atoms with Crippen LogP contribution in [0.3, 0.4) is 0 Å². The van der Waals surface area contributed by atoms with E-state index in [-0.39, 0.29) is 0 Å². The van der Waals surface area contributed by atoms with E-state index in [4.69, 9.17) is 11.6 Å². The maximum atomic E-state index is 5.82. The van der Waals surface area contributed by atoms with Crippen LogP contribution in [0.15, 0.2) is 24.3 Å². The minimum Gasteiger partial charge on any atom is -0.128 e. The summed E-state index contributed by atoms with van der Waals surface area (Å²) in [4.78, 5) is 1.37. The molecule has 12 heavy (non-hydrogen) atoms. The zero-order valence-electron chi connectivity index (χ0n) is 7.38. The maximum Gasteiger partial charge on any atom is 0.0931 e. The lowest BCUT2D eigenvalue weighted by atomic mass is 10.1. The van der Waals surface area contributed by atoms with Gasteiger partial charge in [0.15, 0.2) is 0 Å². The molecule has 0 aliphatic heterocycles. The van der Waals surface area contributed by atoms with Crippen molar-refractivity contribution in [2.24, 2.45) is 5.92 Å². The van der Waals surface area contributed by atoms with Crippen molar-refractivity contribution in [3.8, 4) is 0 Å². The van der Waals surface area contributed by atoms with Gasteiger partial charge in [-0.25, -0.2) is 0 Å². The fourth-order valence-corrected chi connectivity index (χ4v) is 2.40. The first kappa shape index (κ1) is 9.82. The second kappa shape index (κ2) is 4.68. The van der Waals surface area contributed by atoms with E-state index in [0.717, 1.165) is 10.8 Å². The second-order valence-corrected chi connectivity index (χ2v) is 4.71. The third-order valence-corrected chi connectivity index (χ3v) is 2.93. The molecule has 0 radical (unpaired) electrons. The first-order valence-electron chi connectivity index (χ1n) is 4.09. The summed E-state index contributed by atoms with van der Waals surface area (Å²) in [7, 11) is 0. The molecule has 1 rings (SSSR count). The van der Waals surface area contributed by atoms with E-state index in [0.29, 0.717) is 5.92 Å². The normalized spacial score (nSPS) is 13.9. The molecule has 66 valence electrons. The summed E-state index contributed by atoms with van der Waals surface area (Å²) in [5, 5.41) is 0. The molecule has 1 heterocycles. The van der Waals surface area contributed by atoms with Crippen molar-refractivity contribution in [2.75, 3.05) is 0 Å². The Kier molecular flexibility index (Phi) is 3.83. The average Bonchev–Trinajstić information content (AvgIpc) is 2.36. The second-order valence-electron chi connectivity index (χ2n) is 2.91. The number of allylic oxidation sites excluding steroid dienone is 2. The third-order valence-electron chi connectivity index (χ3n) is 1.67. The lowest BCUT2D eigenvalue weighted by molar-refractivity contribution is 0.731. The largest absolute Gasteiger partial charge is 0.128 e. The Labute approximate surface area is 82.9 Å². The first-order valence-corrected chi connectivity index (χ1v) is 5.29. The van der Waals surface area contributed by atoms with Crippen molar-refractivity contribution in [1.82, 2.24) is 0 Å². The molecule has 0 N–H and O–H groups in total. The Morgan fingerprint density at radius 2 is 2.33 bits per heavy atom. The Morgan fingerprint density at radius 1 is 1.58 bits per heavy atom. The minimum absolute atomic E-state index is 0.615. The molecule has 0 saturated heterocycles. The molecular weight excluding hydrogens is 188 g/mol. The Morgan fingerprint density at radius 3 is 2.83 bits per heavy atom. The highest BCUT2D eigenvalue weighted by atomic mass is 35.5. The molecule has 0 aliphatic carbocycles. The summed E-state index contributed by atoms with van der Waals surface area (Å²) in [6.45, 7) is 4.27. The van der Waals surface area contributed by atoms with Gasteiger partial charge in [0.1, 0.15) is 0 Å². The van der Waals surface area contributed by atoms with Gasteiger partial charge in [0, 0.05) is 4.88 Å². The molecule has 0 amide bonds. The fraction of sp³-hybridized carbons (Fsp3) is 0.400. The van der Waals surface area contributed by atoms with Crippen LogP contribution in [-0.4, -0.2) is 0 Å². The van der Waals surface area contributed by atoms with Crippen LogP contribution < -0.4 is 0 Å².